The van der Waals surface area contributed by atoms with Gasteiger partial charge in [0.1, 0.15) is 5.54 Å². The molecule has 1 aromatic heterocycles. The number of imide groups is 1. The molecule has 1 aliphatic carbocycles. The number of halogens is 4. The van der Waals surface area contributed by atoms with Gasteiger partial charge < -0.3 is 4.90 Å². The van der Waals surface area contributed by atoms with Crippen molar-refractivity contribution in [1.29, 1.82) is 0 Å². The van der Waals surface area contributed by atoms with Gasteiger partial charge in [0.2, 0.25) is 0 Å². The standard InChI is InChI=1S/C24H17ClF3N3O2S/c25-17-3-1-16(2-4-17)20-13-15(9-12-29-20)14-30-22(33)31(21(32)23(30)10-11-23)18-5-7-19(8-6-18)34-24(26,27)28/h1-9,12-13H,10-11,14H2. The fourth-order valence-electron chi connectivity index (χ4n) is 4.09. The lowest BCUT2D eigenvalue weighted by atomic mass is 10.1. The van der Waals surface area contributed by atoms with Crippen LogP contribution >= 0.6 is 23.4 Å². The fourth-order valence-corrected chi connectivity index (χ4v) is 4.76. The third-order valence-corrected chi connectivity index (χ3v) is 6.89. The Balaban J connectivity index is 1.39. The first-order valence-electron chi connectivity index (χ1n) is 10.4. The molecule has 2 aromatic carbocycles. The van der Waals surface area contributed by atoms with Crippen LogP contribution < -0.4 is 4.90 Å². The van der Waals surface area contributed by atoms with Gasteiger partial charge in [-0.25, -0.2) is 9.69 Å². The zero-order valence-electron chi connectivity index (χ0n) is 17.6. The van der Waals surface area contributed by atoms with Crippen LogP contribution in [0.1, 0.15) is 18.4 Å². The van der Waals surface area contributed by atoms with Crippen molar-refractivity contribution in [2.24, 2.45) is 0 Å². The van der Waals surface area contributed by atoms with E-state index in [0.717, 1.165) is 16.0 Å². The highest BCUT2D eigenvalue weighted by Gasteiger charge is 2.65. The van der Waals surface area contributed by atoms with Crippen LogP contribution in [0.2, 0.25) is 5.02 Å². The largest absolute Gasteiger partial charge is 0.446 e. The highest BCUT2D eigenvalue weighted by molar-refractivity contribution is 8.00. The summed E-state index contributed by atoms with van der Waals surface area (Å²) < 4.78 is 37.9. The maximum absolute atomic E-state index is 13.3. The van der Waals surface area contributed by atoms with Crippen LogP contribution in [0, 0.1) is 0 Å². The van der Waals surface area contributed by atoms with Gasteiger partial charge in [0.15, 0.2) is 0 Å². The molecule has 3 aromatic rings. The first-order valence-corrected chi connectivity index (χ1v) is 11.6. The number of rotatable bonds is 5. The van der Waals surface area contributed by atoms with Gasteiger partial charge in [0.25, 0.3) is 5.91 Å². The van der Waals surface area contributed by atoms with Crippen LogP contribution in [-0.2, 0) is 11.3 Å². The van der Waals surface area contributed by atoms with Gasteiger partial charge in [-0.1, -0.05) is 23.7 Å². The Labute approximate surface area is 202 Å². The number of carbonyl (C=O) groups excluding carboxylic acids is 2. The molecule has 1 saturated carbocycles. The number of carbonyl (C=O) groups is 2. The Bertz CT molecular complexity index is 1260. The second-order valence-corrected chi connectivity index (χ2v) is 9.71. The lowest BCUT2D eigenvalue weighted by Gasteiger charge is -2.21. The second kappa shape index (κ2) is 8.32. The molecule has 1 saturated heterocycles. The number of thioether (sulfide) groups is 1. The van der Waals surface area contributed by atoms with Crippen molar-refractivity contribution >= 4 is 41.0 Å². The monoisotopic (exact) mass is 503 g/mol. The minimum atomic E-state index is -4.41. The minimum Gasteiger partial charge on any atom is -0.305 e. The first kappa shape index (κ1) is 22.7. The van der Waals surface area contributed by atoms with Gasteiger partial charge in [0, 0.05) is 28.2 Å². The van der Waals surface area contributed by atoms with E-state index in [9.17, 15) is 22.8 Å². The minimum absolute atomic E-state index is 0.0140. The molecule has 34 heavy (non-hydrogen) atoms. The van der Waals surface area contributed by atoms with Crippen LogP contribution in [0.25, 0.3) is 11.3 Å². The van der Waals surface area contributed by atoms with Crippen LogP contribution in [0.5, 0.6) is 0 Å². The van der Waals surface area contributed by atoms with Gasteiger partial charge in [-0.3, -0.25) is 9.78 Å². The number of amides is 3. The molecule has 2 aliphatic rings. The van der Waals surface area contributed by atoms with Gasteiger partial charge in [-0.05, 0) is 78.7 Å². The number of nitrogens with zero attached hydrogens (tertiary/aromatic N) is 3. The molecule has 0 radical (unpaired) electrons. The number of urea groups is 1. The summed E-state index contributed by atoms with van der Waals surface area (Å²) in [5, 5.41) is 0.613. The summed E-state index contributed by atoms with van der Waals surface area (Å²) in [5.41, 5.74) is -2.66. The molecule has 0 bridgehead atoms. The Morgan fingerprint density at radius 3 is 2.29 bits per heavy atom. The number of aromatic nitrogens is 1. The van der Waals surface area contributed by atoms with Gasteiger partial charge in [-0.15, -0.1) is 0 Å². The predicted octanol–water partition coefficient (Wildman–Crippen LogP) is 6.52. The number of anilines is 1. The van der Waals surface area contributed by atoms with Gasteiger partial charge in [0.05, 0.1) is 11.4 Å². The zero-order valence-corrected chi connectivity index (χ0v) is 19.1. The predicted molar refractivity (Wildman–Crippen MR) is 123 cm³/mol. The number of pyridine rings is 1. The summed E-state index contributed by atoms with van der Waals surface area (Å²) in [6.45, 7) is 0.214. The zero-order chi connectivity index (χ0) is 24.1. The molecule has 0 N–H and O–H groups in total. The van der Waals surface area contributed by atoms with E-state index in [2.05, 4.69) is 4.98 Å². The summed E-state index contributed by atoms with van der Waals surface area (Å²) in [5.74, 6) is -0.347. The normalized spacial score (nSPS) is 17.1. The van der Waals surface area contributed by atoms with Gasteiger partial charge >= 0.3 is 11.5 Å². The Morgan fingerprint density at radius 1 is 1.00 bits per heavy atom. The summed E-state index contributed by atoms with van der Waals surface area (Å²) in [6, 6.07) is 15.7. The van der Waals surface area contributed by atoms with Crippen molar-refractivity contribution in [3.05, 3.63) is 77.4 Å². The molecule has 3 amide bonds. The van der Waals surface area contributed by atoms with Crippen molar-refractivity contribution in [3.63, 3.8) is 0 Å². The van der Waals surface area contributed by atoms with E-state index in [0.29, 0.717) is 23.6 Å². The molecule has 2 fully saturated rings. The van der Waals surface area contributed by atoms with E-state index in [-0.39, 0.29) is 34.8 Å². The molecule has 5 nitrogen and oxygen atoms in total. The fraction of sp³-hybridized carbons (Fsp3) is 0.208. The van der Waals surface area contributed by atoms with Crippen molar-refractivity contribution in [3.8, 4) is 11.3 Å². The average Bonchev–Trinajstić information content (AvgIpc) is 3.57. The summed E-state index contributed by atoms with van der Waals surface area (Å²) in [6.07, 6.45) is 2.74. The number of alkyl halides is 3. The SMILES string of the molecule is O=C1N(c2ccc(SC(F)(F)F)cc2)C(=O)C2(CC2)N1Cc1ccnc(-c2ccc(Cl)cc2)c1. The smallest absolute Gasteiger partial charge is 0.305 e. The number of hydrogen-bond acceptors (Lipinski definition) is 4. The van der Waals surface area contributed by atoms with Crippen LogP contribution in [0.3, 0.4) is 0 Å². The maximum Gasteiger partial charge on any atom is 0.446 e. The average molecular weight is 504 g/mol. The molecular weight excluding hydrogens is 487 g/mol. The van der Waals surface area contributed by atoms with Crippen LogP contribution in [-0.4, -0.2) is 32.9 Å². The molecule has 0 unspecified atom stereocenters. The molecule has 0 atom stereocenters. The van der Waals surface area contributed by atoms with E-state index in [1.165, 1.54) is 24.3 Å². The first-order chi connectivity index (χ1) is 16.2. The lowest BCUT2D eigenvalue weighted by molar-refractivity contribution is -0.120. The topological polar surface area (TPSA) is 53.5 Å². The third-order valence-electron chi connectivity index (χ3n) is 5.90. The van der Waals surface area contributed by atoms with Gasteiger partial charge in [-0.2, -0.15) is 13.2 Å². The summed E-state index contributed by atoms with van der Waals surface area (Å²) >= 11 is 5.72. The van der Waals surface area contributed by atoms with E-state index in [1.807, 2.05) is 18.2 Å². The number of hydrogen-bond donors (Lipinski definition) is 0. The molecule has 5 rings (SSSR count). The Kier molecular flexibility index (Phi) is 5.56. The highest BCUT2D eigenvalue weighted by Crippen LogP contribution is 2.50. The Hall–Kier alpha value is -3.04. The molecule has 174 valence electrons. The third kappa shape index (κ3) is 4.25. The molecule has 1 aliphatic heterocycles. The van der Waals surface area contributed by atoms with Crippen molar-refractivity contribution in [2.75, 3.05) is 4.90 Å². The molecule has 10 heteroatoms. The molecular formula is C24H17ClF3N3O2S. The molecule has 1 spiro atoms. The quantitative estimate of drug-likeness (QED) is 0.294. The van der Waals surface area contributed by atoms with E-state index >= 15 is 0 Å². The van der Waals surface area contributed by atoms with Crippen molar-refractivity contribution in [1.82, 2.24) is 9.88 Å². The van der Waals surface area contributed by atoms with E-state index in [4.69, 9.17) is 11.6 Å². The lowest BCUT2D eigenvalue weighted by Crippen LogP contribution is -2.36. The van der Waals surface area contributed by atoms with Crippen molar-refractivity contribution in [2.45, 2.75) is 35.3 Å². The summed E-state index contributed by atoms with van der Waals surface area (Å²) in [7, 11) is 0. The number of benzene rings is 2. The van der Waals surface area contributed by atoms with E-state index < -0.39 is 17.1 Å². The second-order valence-electron chi connectivity index (χ2n) is 8.14. The van der Waals surface area contributed by atoms with Crippen molar-refractivity contribution < 1.29 is 22.8 Å². The highest BCUT2D eigenvalue weighted by atomic mass is 35.5. The maximum atomic E-state index is 13.3. The summed E-state index contributed by atoms with van der Waals surface area (Å²) in [4.78, 5) is 33.5. The Morgan fingerprint density at radius 2 is 1.68 bits per heavy atom. The van der Waals surface area contributed by atoms with Crippen LogP contribution in [0.4, 0.5) is 23.7 Å². The molecule has 2 heterocycles. The van der Waals surface area contributed by atoms with E-state index in [1.54, 1.807) is 29.3 Å². The van der Waals surface area contributed by atoms with Crippen LogP contribution in [0.15, 0.2) is 71.8 Å².